The van der Waals surface area contributed by atoms with E-state index >= 15 is 0 Å². The first-order valence-electron chi connectivity index (χ1n) is 5.72. The third-order valence-corrected chi connectivity index (χ3v) is 2.95. The Morgan fingerprint density at radius 3 is 2.83 bits per heavy atom. The van der Waals surface area contributed by atoms with Gasteiger partial charge in [-0.2, -0.15) is 0 Å². The van der Waals surface area contributed by atoms with E-state index in [1.807, 2.05) is 43.1 Å². The quantitative estimate of drug-likeness (QED) is 0.833. The maximum absolute atomic E-state index is 5.99. The molecule has 0 atom stereocenters. The minimum Gasteiger partial charge on any atom is -0.497 e. The Hall–Kier alpha value is -2.17. The summed E-state index contributed by atoms with van der Waals surface area (Å²) in [5.41, 5.74) is 7.66. The van der Waals surface area contributed by atoms with E-state index in [-0.39, 0.29) is 0 Å². The van der Waals surface area contributed by atoms with Crippen LogP contribution in [0.4, 0.5) is 11.4 Å². The molecule has 0 radical (unpaired) electrons. The number of methoxy groups -OCH3 is 1. The molecule has 2 N–H and O–H groups in total. The smallest absolute Gasteiger partial charge is 0.127 e. The maximum atomic E-state index is 5.99. The van der Waals surface area contributed by atoms with Gasteiger partial charge >= 0.3 is 0 Å². The monoisotopic (exact) mass is 246 g/mol. The van der Waals surface area contributed by atoms with Crippen LogP contribution in [0.15, 0.2) is 30.6 Å². The molecule has 2 aromatic rings. The van der Waals surface area contributed by atoms with E-state index in [0.29, 0.717) is 6.54 Å². The fourth-order valence-corrected chi connectivity index (χ4v) is 1.83. The van der Waals surface area contributed by atoms with Crippen molar-refractivity contribution >= 4 is 11.4 Å². The number of hydrogen-bond donors (Lipinski definition) is 1. The molecule has 0 aliphatic rings. The summed E-state index contributed by atoms with van der Waals surface area (Å²) in [6.07, 6.45) is 3.72. The van der Waals surface area contributed by atoms with Crippen LogP contribution in [0.2, 0.25) is 0 Å². The zero-order valence-electron chi connectivity index (χ0n) is 10.9. The molecule has 1 aromatic carbocycles. The minimum atomic E-state index is 0.695. The molecule has 0 unspecified atom stereocenters. The van der Waals surface area contributed by atoms with Gasteiger partial charge in [0.25, 0.3) is 0 Å². The SMILES string of the molecule is COc1ccc(N)c(N(C)Cc2nccn2C)c1. The lowest BCUT2D eigenvalue weighted by atomic mass is 10.2. The summed E-state index contributed by atoms with van der Waals surface area (Å²) in [5.74, 6) is 1.78. The number of anilines is 2. The highest BCUT2D eigenvalue weighted by Crippen LogP contribution is 2.28. The van der Waals surface area contributed by atoms with Crippen LogP contribution in [-0.4, -0.2) is 23.7 Å². The van der Waals surface area contributed by atoms with Crippen molar-refractivity contribution in [3.63, 3.8) is 0 Å². The first kappa shape index (κ1) is 12.3. The Labute approximate surface area is 107 Å². The van der Waals surface area contributed by atoms with Crippen molar-refractivity contribution in [3.8, 4) is 5.75 Å². The van der Waals surface area contributed by atoms with Gasteiger partial charge in [-0.1, -0.05) is 0 Å². The standard InChI is InChI=1S/C13H18N4O/c1-16-7-6-15-13(16)9-17(2)12-8-10(18-3)4-5-11(12)14/h4-8H,9,14H2,1-3H3. The van der Waals surface area contributed by atoms with Crippen molar-refractivity contribution in [2.45, 2.75) is 6.54 Å². The Morgan fingerprint density at radius 1 is 1.44 bits per heavy atom. The van der Waals surface area contributed by atoms with E-state index in [4.69, 9.17) is 10.5 Å². The molecular formula is C13H18N4O. The number of benzene rings is 1. The zero-order valence-corrected chi connectivity index (χ0v) is 10.9. The van der Waals surface area contributed by atoms with Gasteiger partial charge in [0.15, 0.2) is 0 Å². The van der Waals surface area contributed by atoms with Gasteiger partial charge in [0.2, 0.25) is 0 Å². The van der Waals surface area contributed by atoms with Crippen LogP contribution in [0.3, 0.4) is 0 Å². The van der Waals surface area contributed by atoms with Gasteiger partial charge in [-0.15, -0.1) is 0 Å². The van der Waals surface area contributed by atoms with E-state index < -0.39 is 0 Å². The normalized spacial score (nSPS) is 10.4. The molecule has 0 aliphatic heterocycles. The second kappa shape index (κ2) is 5.00. The molecule has 1 heterocycles. The van der Waals surface area contributed by atoms with Gasteiger partial charge in [-0.25, -0.2) is 4.98 Å². The molecule has 0 spiro atoms. The van der Waals surface area contributed by atoms with Gasteiger partial charge in [0, 0.05) is 32.6 Å². The summed E-state index contributed by atoms with van der Waals surface area (Å²) in [6.45, 7) is 0.695. The highest BCUT2D eigenvalue weighted by atomic mass is 16.5. The summed E-state index contributed by atoms with van der Waals surface area (Å²) in [6, 6.07) is 5.63. The Balaban J connectivity index is 2.23. The van der Waals surface area contributed by atoms with Crippen molar-refractivity contribution in [1.82, 2.24) is 9.55 Å². The predicted molar refractivity (Wildman–Crippen MR) is 72.7 cm³/mol. The molecule has 0 aliphatic carbocycles. The second-order valence-electron chi connectivity index (χ2n) is 4.24. The Bertz CT molecular complexity index is 536. The third-order valence-electron chi connectivity index (χ3n) is 2.95. The third kappa shape index (κ3) is 2.40. The predicted octanol–water partition coefficient (Wildman–Crippen LogP) is 1.65. The molecule has 2 rings (SSSR count). The fraction of sp³-hybridized carbons (Fsp3) is 0.308. The molecule has 0 saturated heterocycles. The number of nitrogen functional groups attached to an aromatic ring is 1. The number of aryl methyl sites for hydroxylation is 1. The topological polar surface area (TPSA) is 56.3 Å². The molecular weight excluding hydrogens is 228 g/mol. The molecule has 96 valence electrons. The van der Waals surface area contributed by atoms with Crippen molar-refractivity contribution < 1.29 is 4.74 Å². The van der Waals surface area contributed by atoms with E-state index in [2.05, 4.69) is 9.88 Å². The van der Waals surface area contributed by atoms with Crippen LogP contribution in [0.5, 0.6) is 5.75 Å². The Morgan fingerprint density at radius 2 is 2.22 bits per heavy atom. The lowest BCUT2D eigenvalue weighted by Gasteiger charge is -2.21. The average Bonchev–Trinajstić information content (AvgIpc) is 2.75. The largest absolute Gasteiger partial charge is 0.497 e. The first-order chi connectivity index (χ1) is 8.61. The molecule has 5 heteroatoms. The second-order valence-corrected chi connectivity index (χ2v) is 4.24. The fourth-order valence-electron chi connectivity index (χ4n) is 1.83. The summed E-state index contributed by atoms with van der Waals surface area (Å²) in [7, 11) is 5.61. The van der Waals surface area contributed by atoms with Crippen molar-refractivity contribution in [2.24, 2.45) is 7.05 Å². The lowest BCUT2D eigenvalue weighted by molar-refractivity contribution is 0.415. The van der Waals surface area contributed by atoms with Gasteiger partial charge in [0.05, 0.1) is 25.0 Å². The van der Waals surface area contributed by atoms with Crippen LogP contribution >= 0.6 is 0 Å². The number of imidazole rings is 1. The zero-order chi connectivity index (χ0) is 13.1. The molecule has 0 saturated carbocycles. The number of aromatic nitrogens is 2. The maximum Gasteiger partial charge on any atom is 0.127 e. The highest BCUT2D eigenvalue weighted by Gasteiger charge is 2.09. The summed E-state index contributed by atoms with van der Waals surface area (Å²) < 4.78 is 7.21. The summed E-state index contributed by atoms with van der Waals surface area (Å²) >= 11 is 0. The van der Waals surface area contributed by atoms with E-state index in [1.165, 1.54) is 0 Å². The van der Waals surface area contributed by atoms with Gasteiger partial charge < -0.3 is 19.9 Å². The molecule has 0 amide bonds. The number of ether oxygens (including phenoxy) is 1. The van der Waals surface area contributed by atoms with Gasteiger partial charge in [-0.3, -0.25) is 0 Å². The molecule has 0 fully saturated rings. The summed E-state index contributed by atoms with van der Waals surface area (Å²) in [5, 5.41) is 0. The first-order valence-corrected chi connectivity index (χ1v) is 5.72. The van der Waals surface area contributed by atoms with Crippen LogP contribution < -0.4 is 15.4 Å². The summed E-state index contributed by atoms with van der Waals surface area (Å²) in [4.78, 5) is 6.36. The minimum absolute atomic E-state index is 0.695. The number of rotatable bonds is 4. The Kier molecular flexibility index (Phi) is 3.41. The number of hydrogen-bond acceptors (Lipinski definition) is 4. The van der Waals surface area contributed by atoms with Crippen molar-refractivity contribution in [3.05, 3.63) is 36.4 Å². The average molecular weight is 246 g/mol. The number of nitrogens with two attached hydrogens (primary N) is 1. The van der Waals surface area contributed by atoms with Gasteiger partial charge in [-0.05, 0) is 12.1 Å². The number of nitrogens with zero attached hydrogens (tertiary/aromatic N) is 3. The lowest BCUT2D eigenvalue weighted by Crippen LogP contribution is -2.20. The van der Waals surface area contributed by atoms with E-state index in [1.54, 1.807) is 13.3 Å². The van der Waals surface area contributed by atoms with Crippen LogP contribution in [0, 0.1) is 0 Å². The molecule has 18 heavy (non-hydrogen) atoms. The van der Waals surface area contributed by atoms with E-state index in [9.17, 15) is 0 Å². The molecule has 0 bridgehead atoms. The highest BCUT2D eigenvalue weighted by molar-refractivity contribution is 5.69. The van der Waals surface area contributed by atoms with Crippen molar-refractivity contribution in [1.29, 1.82) is 0 Å². The van der Waals surface area contributed by atoms with E-state index in [0.717, 1.165) is 22.9 Å². The van der Waals surface area contributed by atoms with Crippen LogP contribution in [0.25, 0.3) is 0 Å². The molecule has 1 aromatic heterocycles. The van der Waals surface area contributed by atoms with Gasteiger partial charge in [0.1, 0.15) is 11.6 Å². The van der Waals surface area contributed by atoms with Crippen molar-refractivity contribution in [2.75, 3.05) is 24.8 Å². The molecule has 5 nitrogen and oxygen atoms in total. The van der Waals surface area contributed by atoms with Crippen LogP contribution in [-0.2, 0) is 13.6 Å². The van der Waals surface area contributed by atoms with Crippen LogP contribution in [0.1, 0.15) is 5.82 Å².